The van der Waals surface area contributed by atoms with Crippen molar-refractivity contribution in [1.29, 1.82) is 0 Å². The number of nitrogens with one attached hydrogen (secondary N) is 1. The maximum Gasteiger partial charge on any atom is 0.328 e. The molecule has 4 heteroatoms. The number of hydrogen-bond acceptors (Lipinski definition) is 3. The fraction of sp³-hybridized carbons (Fsp3) is 0.182. The monoisotopic (exact) mass is 347 g/mol. The summed E-state index contributed by atoms with van der Waals surface area (Å²) in [4.78, 5) is 24.8. The molecule has 26 heavy (non-hydrogen) atoms. The molecule has 0 bridgehead atoms. The Morgan fingerprint density at radius 2 is 1.65 bits per heavy atom. The Labute approximate surface area is 152 Å². The summed E-state index contributed by atoms with van der Waals surface area (Å²) in [6, 6.07) is 20.4. The summed E-state index contributed by atoms with van der Waals surface area (Å²) in [5, 5.41) is 4.85. The molecule has 3 aromatic rings. The molecule has 0 heterocycles. The molecule has 4 nitrogen and oxygen atoms in total. The first-order chi connectivity index (χ1) is 12.6. The lowest BCUT2D eigenvalue weighted by atomic mass is 10.0. The van der Waals surface area contributed by atoms with Crippen LogP contribution in [0.1, 0.15) is 21.5 Å². The number of benzene rings is 3. The third-order valence-electron chi connectivity index (χ3n) is 4.49. The molecule has 132 valence electrons. The number of carbonyl (C=O) groups is 2. The van der Waals surface area contributed by atoms with Crippen molar-refractivity contribution in [3.05, 3.63) is 83.4 Å². The number of ether oxygens (including phenoxy) is 1. The molecule has 1 N–H and O–H groups in total. The molecule has 1 amide bonds. The van der Waals surface area contributed by atoms with Gasteiger partial charge in [0, 0.05) is 12.0 Å². The summed E-state index contributed by atoms with van der Waals surface area (Å²) < 4.78 is 4.88. The van der Waals surface area contributed by atoms with Crippen molar-refractivity contribution < 1.29 is 14.3 Å². The minimum absolute atomic E-state index is 0.292. The fourth-order valence-corrected chi connectivity index (χ4v) is 2.97. The molecule has 3 aromatic carbocycles. The summed E-state index contributed by atoms with van der Waals surface area (Å²) in [6.45, 7) is 1.98. The first-order valence-electron chi connectivity index (χ1n) is 8.50. The van der Waals surface area contributed by atoms with Crippen LogP contribution in [0.15, 0.2) is 66.7 Å². The van der Waals surface area contributed by atoms with Crippen molar-refractivity contribution in [2.24, 2.45) is 0 Å². The van der Waals surface area contributed by atoms with Gasteiger partial charge in [-0.05, 0) is 41.0 Å². The molecule has 0 aromatic heterocycles. The van der Waals surface area contributed by atoms with Crippen LogP contribution in [-0.4, -0.2) is 25.0 Å². The van der Waals surface area contributed by atoms with Crippen molar-refractivity contribution in [2.75, 3.05) is 7.11 Å². The fourth-order valence-electron chi connectivity index (χ4n) is 2.97. The standard InChI is InChI=1S/C22H21NO3/c1-15-7-3-4-9-17(15)14-20(22(25)26-2)23-21(24)19-12-11-16-8-5-6-10-18(16)13-19/h3-13,20H,14H2,1-2H3,(H,23,24)/t20-/m1/s1. The van der Waals surface area contributed by atoms with E-state index in [1.807, 2.05) is 67.6 Å². The highest BCUT2D eigenvalue weighted by atomic mass is 16.5. The Bertz CT molecular complexity index is 949. The Hall–Kier alpha value is -3.14. The second kappa shape index (κ2) is 7.83. The summed E-state index contributed by atoms with van der Waals surface area (Å²) in [5.41, 5.74) is 2.59. The molecule has 0 aliphatic heterocycles. The number of esters is 1. The van der Waals surface area contributed by atoms with Crippen LogP contribution in [0.4, 0.5) is 0 Å². The van der Waals surface area contributed by atoms with Crippen molar-refractivity contribution in [3.63, 3.8) is 0 Å². The number of fused-ring (bicyclic) bond motifs is 1. The SMILES string of the molecule is COC(=O)[C@@H](Cc1ccccc1C)NC(=O)c1ccc2ccccc2c1. The van der Waals surface area contributed by atoms with E-state index in [-0.39, 0.29) is 5.91 Å². The third-order valence-corrected chi connectivity index (χ3v) is 4.49. The quantitative estimate of drug-likeness (QED) is 0.717. The normalized spacial score (nSPS) is 11.8. The minimum atomic E-state index is -0.736. The van der Waals surface area contributed by atoms with E-state index < -0.39 is 12.0 Å². The van der Waals surface area contributed by atoms with Crippen LogP contribution in [0.5, 0.6) is 0 Å². The molecule has 1 atom stereocenters. The van der Waals surface area contributed by atoms with E-state index in [0.29, 0.717) is 12.0 Å². The van der Waals surface area contributed by atoms with Crippen LogP contribution in [0, 0.1) is 6.92 Å². The summed E-state index contributed by atoms with van der Waals surface area (Å²) in [7, 11) is 1.33. The van der Waals surface area contributed by atoms with Gasteiger partial charge in [0.15, 0.2) is 0 Å². The summed E-state index contributed by atoms with van der Waals surface area (Å²) in [5.74, 6) is -0.748. The first-order valence-corrected chi connectivity index (χ1v) is 8.50. The highest BCUT2D eigenvalue weighted by Gasteiger charge is 2.23. The second-order valence-corrected chi connectivity index (χ2v) is 6.24. The first kappa shape index (κ1) is 17.7. The lowest BCUT2D eigenvalue weighted by molar-refractivity contribution is -0.142. The minimum Gasteiger partial charge on any atom is -0.467 e. The van der Waals surface area contributed by atoms with Gasteiger partial charge in [0.1, 0.15) is 6.04 Å². The Balaban J connectivity index is 1.82. The van der Waals surface area contributed by atoms with Crippen LogP contribution in [0.2, 0.25) is 0 Å². The van der Waals surface area contributed by atoms with Crippen LogP contribution in [-0.2, 0) is 16.0 Å². The van der Waals surface area contributed by atoms with E-state index in [0.717, 1.165) is 21.9 Å². The van der Waals surface area contributed by atoms with Gasteiger partial charge in [0.05, 0.1) is 7.11 Å². The molecule has 3 rings (SSSR count). The van der Waals surface area contributed by atoms with Crippen LogP contribution in [0.3, 0.4) is 0 Å². The van der Waals surface area contributed by atoms with Crippen LogP contribution >= 0.6 is 0 Å². The van der Waals surface area contributed by atoms with Crippen molar-refractivity contribution in [1.82, 2.24) is 5.32 Å². The Kier molecular flexibility index (Phi) is 5.32. The highest BCUT2D eigenvalue weighted by molar-refractivity contribution is 6.00. The average molecular weight is 347 g/mol. The topological polar surface area (TPSA) is 55.4 Å². The predicted molar refractivity (Wildman–Crippen MR) is 102 cm³/mol. The smallest absolute Gasteiger partial charge is 0.328 e. The average Bonchev–Trinajstić information content (AvgIpc) is 2.68. The molecule has 0 aliphatic carbocycles. The summed E-state index contributed by atoms with van der Waals surface area (Å²) in [6.07, 6.45) is 0.388. The maximum atomic E-state index is 12.7. The van der Waals surface area contributed by atoms with E-state index in [1.54, 1.807) is 6.07 Å². The number of hydrogen-bond donors (Lipinski definition) is 1. The number of methoxy groups -OCH3 is 1. The molecule has 0 aliphatic rings. The number of amides is 1. The Morgan fingerprint density at radius 1 is 0.962 bits per heavy atom. The van der Waals surface area contributed by atoms with E-state index in [4.69, 9.17) is 4.74 Å². The highest BCUT2D eigenvalue weighted by Crippen LogP contribution is 2.16. The number of rotatable bonds is 5. The third kappa shape index (κ3) is 3.91. The van der Waals surface area contributed by atoms with E-state index in [1.165, 1.54) is 7.11 Å². The van der Waals surface area contributed by atoms with E-state index in [9.17, 15) is 9.59 Å². The number of carbonyl (C=O) groups excluding carboxylic acids is 2. The van der Waals surface area contributed by atoms with E-state index in [2.05, 4.69) is 5.32 Å². The van der Waals surface area contributed by atoms with Gasteiger partial charge in [-0.15, -0.1) is 0 Å². The lowest BCUT2D eigenvalue weighted by Crippen LogP contribution is -2.43. The molecule has 0 fully saturated rings. The molecule has 0 spiro atoms. The van der Waals surface area contributed by atoms with Gasteiger partial charge in [0.2, 0.25) is 0 Å². The van der Waals surface area contributed by atoms with Crippen molar-refractivity contribution in [2.45, 2.75) is 19.4 Å². The van der Waals surface area contributed by atoms with Crippen LogP contribution in [0.25, 0.3) is 10.8 Å². The lowest BCUT2D eigenvalue weighted by Gasteiger charge is -2.18. The zero-order valence-corrected chi connectivity index (χ0v) is 14.9. The van der Waals surface area contributed by atoms with Gasteiger partial charge in [-0.1, -0.05) is 54.6 Å². The number of aryl methyl sites for hydroxylation is 1. The van der Waals surface area contributed by atoms with E-state index >= 15 is 0 Å². The van der Waals surface area contributed by atoms with Gasteiger partial charge < -0.3 is 10.1 Å². The maximum absolute atomic E-state index is 12.7. The summed E-state index contributed by atoms with van der Waals surface area (Å²) >= 11 is 0. The van der Waals surface area contributed by atoms with Gasteiger partial charge in [0.25, 0.3) is 5.91 Å². The van der Waals surface area contributed by atoms with Gasteiger partial charge in [-0.2, -0.15) is 0 Å². The van der Waals surface area contributed by atoms with Gasteiger partial charge >= 0.3 is 5.97 Å². The molecule has 0 radical (unpaired) electrons. The van der Waals surface area contributed by atoms with Gasteiger partial charge in [-0.25, -0.2) is 4.79 Å². The van der Waals surface area contributed by atoms with Crippen molar-refractivity contribution >= 4 is 22.6 Å². The van der Waals surface area contributed by atoms with Gasteiger partial charge in [-0.3, -0.25) is 4.79 Å². The zero-order chi connectivity index (χ0) is 18.5. The molecule has 0 unspecified atom stereocenters. The molecule has 0 saturated carbocycles. The molecular formula is C22H21NO3. The predicted octanol–water partition coefficient (Wildman–Crippen LogP) is 3.66. The molecular weight excluding hydrogens is 326 g/mol. The molecule has 0 saturated heterocycles. The largest absolute Gasteiger partial charge is 0.467 e. The van der Waals surface area contributed by atoms with Crippen LogP contribution < -0.4 is 5.32 Å². The Morgan fingerprint density at radius 3 is 2.38 bits per heavy atom. The van der Waals surface area contributed by atoms with Crippen molar-refractivity contribution in [3.8, 4) is 0 Å². The zero-order valence-electron chi connectivity index (χ0n) is 14.9. The second-order valence-electron chi connectivity index (χ2n) is 6.24.